The molecule has 1 saturated heterocycles. The normalized spacial score (nSPS) is 26.3. The van der Waals surface area contributed by atoms with E-state index in [4.69, 9.17) is 23.2 Å². The fourth-order valence-corrected chi connectivity index (χ4v) is 4.44. The summed E-state index contributed by atoms with van der Waals surface area (Å²) in [6.45, 7) is 0.868. The molecular weight excluding hydrogens is 351 g/mol. The molecule has 1 fully saturated rings. The number of rotatable bonds is 2. The minimum Gasteiger partial charge on any atom is -0.364 e. The van der Waals surface area contributed by atoms with Gasteiger partial charge in [0.15, 0.2) is 5.17 Å². The molecule has 2 aliphatic rings. The molecule has 0 aliphatic carbocycles. The van der Waals surface area contributed by atoms with Gasteiger partial charge in [0.2, 0.25) is 5.72 Å². The van der Waals surface area contributed by atoms with E-state index in [9.17, 15) is 5.11 Å². The van der Waals surface area contributed by atoms with Gasteiger partial charge in [0.1, 0.15) is 6.04 Å². The molecule has 2 aliphatic heterocycles. The molecule has 0 aromatic heterocycles. The molecule has 23 heavy (non-hydrogen) atoms. The largest absolute Gasteiger partial charge is 0.364 e. The third-order valence-electron chi connectivity index (χ3n) is 4.22. The van der Waals surface area contributed by atoms with Crippen LogP contribution in [0.2, 0.25) is 10.0 Å². The van der Waals surface area contributed by atoms with Crippen molar-refractivity contribution in [3.05, 3.63) is 69.7 Å². The Labute approximate surface area is 148 Å². The molecule has 2 aromatic carbocycles. The molecule has 0 bridgehead atoms. The number of aliphatic imine (C=N–C) groups is 1. The van der Waals surface area contributed by atoms with E-state index in [-0.39, 0.29) is 6.04 Å². The van der Waals surface area contributed by atoms with Crippen molar-refractivity contribution in [1.82, 2.24) is 4.90 Å². The molecule has 2 unspecified atom stereocenters. The first-order valence-electron chi connectivity index (χ1n) is 7.31. The van der Waals surface area contributed by atoms with Gasteiger partial charge in [-0.3, -0.25) is 0 Å². The van der Waals surface area contributed by atoms with Crippen LogP contribution in [-0.2, 0) is 5.72 Å². The Morgan fingerprint density at radius 3 is 2.30 bits per heavy atom. The summed E-state index contributed by atoms with van der Waals surface area (Å²) in [6.07, 6.45) is 0. The van der Waals surface area contributed by atoms with Crippen LogP contribution in [0.25, 0.3) is 0 Å². The lowest BCUT2D eigenvalue weighted by atomic mass is 9.90. The zero-order valence-electron chi connectivity index (χ0n) is 12.1. The van der Waals surface area contributed by atoms with E-state index in [0.717, 1.165) is 28.6 Å². The highest BCUT2D eigenvalue weighted by Gasteiger charge is 2.51. The van der Waals surface area contributed by atoms with Gasteiger partial charge < -0.3 is 10.0 Å². The van der Waals surface area contributed by atoms with Gasteiger partial charge >= 0.3 is 0 Å². The van der Waals surface area contributed by atoms with Crippen LogP contribution in [0.5, 0.6) is 0 Å². The molecule has 2 aromatic rings. The van der Waals surface area contributed by atoms with Crippen molar-refractivity contribution in [1.29, 1.82) is 0 Å². The maximum absolute atomic E-state index is 11.4. The van der Waals surface area contributed by atoms with Gasteiger partial charge in [0.25, 0.3) is 0 Å². The van der Waals surface area contributed by atoms with Crippen molar-refractivity contribution in [3.8, 4) is 0 Å². The van der Waals surface area contributed by atoms with E-state index in [1.165, 1.54) is 0 Å². The Morgan fingerprint density at radius 1 is 1.04 bits per heavy atom. The van der Waals surface area contributed by atoms with Crippen molar-refractivity contribution >= 4 is 40.1 Å². The second kappa shape index (κ2) is 5.71. The number of hydrogen-bond acceptors (Lipinski definition) is 4. The zero-order valence-corrected chi connectivity index (χ0v) is 14.4. The predicted octanol–water partition coefficient (Wildman–Crippen LogP) is 4.30. The smallest absolute Gasteiger partial charge is 0.210 e. The molecule has 1 N–H and O–H groups in total. The highest BCUT2D eigenvalue weighted by molar-refractivity contribution is 8.14. The van der Waals surface area contributed by atoms with Crippen molar-refractivity contribution in [2.45, 2.75) is 11.8 Å². The molecule has 0 amide bonds. The summed E-state index contributed by atoms with van der Waals surface area (Å²) >= 11 is 13.7. The average molecular weight is 365 g/mol. The fraction of sp³-hybridized carbons (Fsp3) is 0.235. The first-order chi connectivity index (χ1) is 11.1. The van der Waals surface area contributed by atoms with E-state index in [0.29, 0.717) is 10.0 Å². The number of fused-ring (bicyclic) bond motifs is 1. The van der Waals surface area contributed by atoms with Crippen LogP contribution in [0, 0.1) is 0 Å². The zero-order chi connectivity index (χ0) is 16.0. The van der Waals surface area contributed by atoms with Gasteiger partial charge in [-0.2, -0.15) is 0 Å². The summed E-state index contributed by atoms with van der Waals surface area (Å²) in [4.78, 5) is 6.82. The van der Waals surface area contributed by atoms with E-state index in [1.54, 1.807) is 23.9 Å². The van der Waals surface area contributed by atoms with Crippen molar-refractivity contribution in [3.63, 3.8) is 0 Å². The van der Waals surface area contributed by atoms with Gasteiger partial charge in [0.05, 0.1) is 0 Å². The van der Waals surface area contributed by atoms with Crippen LogP contribution >= 0.6 is 35.0 Å². The quantitative estimate of drug-likeness (QED) is 0.862. The van der Waals surface area contributed by atoms with E-state index >= 15 is 0 Å². The summed E-state index contributed by atoms with van der Waals surface area (Å²) < 4.78 is 0. The minimum absolute atomic E-state index is 0.258. The molecule has 3 nitrogen and oxygen atoms in total. The SMILES string of the molecule is OC1(c2ccc(Cl)cc2)N=C2SCCN2C1c1ccc(Cl)cc1. The molecular formula is C17H14Cl2N2OS. The summed E-state index contributed by atoms with van der Waals surface area (Å²) in [7, 11) is 0. The number of nitrogens with zero attached hydrogens (tertiary/aromatic N) is 2. The van der Waals surface area contributed by atoms with Crippen LogP contribution in [0.3, 0.4) is 0 Å². The predicted molar refractivity (Wildman–Crippen MR) is 96.1 cm³/mol. The lowest BCUT2D eigenvalue weighted by Crippen LogP contribution is -2.37. The molecule has 0 radical (unpaired) electrons. The molecule has 118 valence electrons. The molecule has 2 heterocycles. The van der Waals surface area contributed by atoms with Crippen molar-refractivity contribution < 1.29 is 5.11 Å². The van der Waals surface area contributed by atoms with Gasteiger partial charge in [0, 0.05) is 27.9 Å². The maximum Gasteiger partial charge on any atom is 0.210 e. The Hall–Kier alpha value is -1.20. The lowest BCUT2D eigenvalue weighted by Gasteiger charge is -2.33. The van der Waals surface area contributed by atoms with Gasteiger partial charge in [-0.25, -0.2) is 4.99 Å². The topological polar surface area (TPSA) is 35.8 Å². The van der Waals surface area contributed by atoms with Crippen LogP contribution in [0.15, 0.2) is 53.5 Å². The Bertz CT molecular complexity index is 763. The third kappa shape index (κ3) is 2.54. The first-order valence-corrected chi connectivity index (χ1v) is 9.05. The Morgan fingerprint density at radius 2 is 1.65 bits per heavy atom. The summed E-state index contributed by atoms with van der Waals surface area (Å²) in [6, 6.07) is 14.6. The lowest BCUT2D eigenvalue weighted by molar-refractivity contribution is -0.00593. The number of hydrogen-bond donors (Lipinski definition) is 1. The average Bonchev–Trinajstić information content (AvgIpc) is 3.08. The van der Waals surface area contributed by atoms with Crippen molar-refractivity contribution in [2.24, 2.45) is 4.99 Å². The van der Waals surface area contributed by atoms with E-state index in [2.05, 4.69) is 9.89 Å². The van der Waals surface area contributed by atoms with Gasteiger partial charge in [-0.05, 0) is 29.8 Å². The van der Waals surface area contributed by atoms with E-state index < -0.39 is 5.72 Å². The van der Waals surface area contributed by atoms with Crippen molar-refractivity contribution in [2.75, 3.05) is 12.3 Å². The second-order valence-electron chi connectivity index (χ2n) is 5.62. The first kappa shape index (κ1) is 15.3. The minimum atomic E-state index is -1.32. The molecule has 2 atom stereocenters. The summed E-state index contributed by atoms with van der Waals surface area (Å²) in [5.74, 6) is 0.986. The van der Waals surface area contributed by atoms with E-state index in [1.807, 2.05) is 36.4 Å². The highest BCUT2D eigenvalue weighted by atomic mass is 35.5. The number of amidine groups is 1. The van der Waals surface area contributed by atoms with Crippen LogP contribution in [-0.4, -0.2) is 27.5 Å². The molecule has 0 saturated carbocycles. The Kier molecular flexibility index (Phi) is 3.81. The molecule has 6 heteroatoms. The van der Waals surface area contributed by atoms with Crippen LogP contribution in [0.4, 0.5) is 0 Å². The number of halogens is 2. The third-order valence-corrected chi connectivity index (χ3v) is 5.70. The highest BCUT2D eigenvalue weighted by Crippen LogP contribution is 2.49. The molecule has 4 rings (SSSR count). The second-order valence-corrected chi connectivity index (χ2v) is 7.56. The summed E-state index contributed by atoms with van der Waals surface area (Å²) in [5.41, 5.74) is 0.415. The standard InChI is InChI=1S/C17H14Cl2N2OS/c18-13-5-1-11(2-6-13)15-17(22,12-3-7-14(19)8-4-12)20-16-21(15)9-10-23-16/h1-8,15,22H,9-10H2. The monoisotopic (exact) mass is 364 g/mol. The van der Waals surface area contributed by atoms with Gasteiger partial charge in [-0.1, -0.05) is 59.2 Å². The fourth-order valence-electron chi connectivity index (χ4n) is 3.15. The van der Waals surface area contributed by atoms with Gasteiger partial charge in [-0.15, -0.1) is 0 Å². The number of thioether (sulfide) groups is 1. The maximum atomic E-state index is 11.4. The van der Waals surface area contributed by atoms with Crippen LogP contribution in [0.1, 0.15) is 17.2 Å². The summed E-state index contributed by atoms with van der Waals surface area (Å²) in [5, 5.41) is 13.6. The van der Waals surface area contributed by atoms with Crippen LogP contribution < -0.4 is 0 Å². The molecule has 0 spiro atoms. The number of aliphatic hydroxyl groups is 1. The number of benzene rings is 2. The Balaban J connectivity index is 1.83.